The maximum atomic E-state index is 5.08. The van der Waals surface area contributed by atoms with Crippen LogP contribution >= 0.6 is 51.5 Å². The molecule has 0 aliphatic carbocycles. The first kappa shape index (κ1) is 9.61. The van der Waals surface area contributed by atoms with E-state index in [1.807, 2.05) is 0 Å². The summed E-state index contributed by atoms with van der Waals surface area (Å²) in [6.45, 7) is 0. The van der Waals surface area contributed by atoms with Crippen LogP contribution in [0.3, 0.4) is 0 Å². The molecule has 46 valence electrons. The van der Waals surface area contributed by atoms with Crippen molar-refractivity contribution in [2.24, 2.45) is 0 Å². The Morgan fingerprint density at radius 3 is 0.571 bits per heavy atom. The third-order valence-corrected chi connectivity index (χ3v) is 0. The van der Waals surface area contributed by atoms with Gasteiger partial charge in [0.25, 0.3) is 0 Å². The van der Waals surface area contributed by atoms with Gasteiger partial charge in [0.1, 0.15) is 0 Å². The summed E-state index contributed by atoms with van der Waals surface area (Å²) in [4.78, 5) is 0. The van der Waals surface area contributed by atoms with E-state index in [9.17, 15) is 0 Å². The number of halogens is 6. The van der Waals surface area contributed by atoms with E-state index >= 15 is 0 Å². The summed E-state index contributed by atoms with van der Waals surface area (Å²) < 4.78 is 0. The Hall–Kier alpha value is 2.61. The van der Waals surface area contributed by atoms with Crippen molar-refractivity contribution in [2.75, 3.05) is 0 Å². The average Bonchev–Trinajstić information content (AvgIpc) is 0.592. The minimum absolute atomic E-state index is 5.08. The molecule has 7 heteroatoms. The zero-order chi connectivity index (χ0) is 6.41. The number of rotatable bonds is 0. The molecule has 0 amide bonds. The Balaban J connectivity index is 4.43. The van der Waals surface area contributed by atoms with Gasteiger partial charge in [0.15, 0.2) is 0 Å². The molecule has 0 N–H and O–H groups in total. The van der Waals surface area contributed by atoms with Crippen molar-refractivity contribution in [1.29, 1.82) is 0 Å². The van der Waals surface area contributed by atoms with E-state index in [2.05, 4.69) is 0 Å². The summed E-state index contributed by atoms with van der Waals surface area (Å²) in [5.74, 6) is 0. The summed E-state index contributed by atoms with van der Waals surface area (Å²) >= 11 is 0. The minimum atomic E-state index is -5.56. The molecule has 0 heterocycles. The second-order valence-corrected chi connectivity index (χ2v) is 78.9. The third-order valence-electron chi connectivity index (χ3n) is 0. The Labute approximate surface area is 60.3 Å². The van der Waals surface area contributed by atoms with Gasteiger partial charge in [-0.05, 0) is 0 Å². The normalized spacial score (nSPS) is 23.1. The van der Waals surface area contributed by atoms with Crippen molar-refractivity contribution < 1.29 is 9.93 Å². The van der Waals surface area contributed by atoms with Crippen LogP contribution in [-0.2, 0) is 9.93 Å². The summed E-state index contributed by atoms with van der Waals surface area (Å²) in [5.41, 5.74) is 0. The molecule has 0 rings (SSSR count). The van der Waals surface area contributed by atoms with Crippen molar-refractivity contribution in [3.8, 4) is 0 Å². The Kier molecular flexibility index (Phi) is 2.21. The molecular weight excluding hydrogens is 391 g/mol. The molecule has 0 unspecified atom stereocenters. The topological polar surface area (TPSA) is 0 Å². The SMILES string of the molecule is [Cl][Hf]([Cl])([Cl])([Cl])([Cl])[Cl]. The first-order valence-corrected chi connectivity index (χ1v) is 27.8. The van der Waals surface area contributed by atoms with Crippen molar-refractivity contribution in [2.45, 2.75) is 0 Å². The molecule has 0 aromatic carbocycles. The molecule has 0 nitrogen and oxygen atoms in total. The van der Waals surface area contributed by atoms with Crippen LogP contribution in [0.2, 0.25) is 0 Å². The van der Waals surface area contributed by atoms with Crippen LogP contribution < -0.4 is 0 Å². The molecule has 0 aromatic rings. The first-order chi connectivity index (χ1) is 2.45. The fourth-order valence-corrected chi connectivity index (χ4v) is 0. The van der Waals surface area contributed by atoms with Crippen LogP contribution in [0.1, 0.15) is 0 Å². The third kappa shape index (κ3) is 55.2. The fourth-order valence-electron chi connectivity index (χ4n) is 0. The molecule has 0 bridgehead atoms. The molecule has 0 atom stereocenters. The first-order valence-electron chi connectivity index (χ1n) is 1.13. The van der Waals surface area contributed by atoms with Crippen molar-refractivity contribution in [1.82, 2.24) is 0 Å². The quantitative estimate of drug-likeness (QED) is 0.545. The van der Waals surface area contributed by atoms with E-state index in [1.165, 1.54) is 0 Å². The predicted octanol–water partition coefficient (Wildman–Crippen LogP) is 4.13. The standard InChI is InChI=1S/6ClH.Hf/h6*1H;/q;;;;;;+6/p-6. The average molecular weight is 391 g/mol. The van der Waals surface area contributed by atoms with Crippen LogP contribution in [0.5, 0.6) is 0 Å². The summed E-state index contributed by atoms with van der Waals surface area (Å²) in [6.07, 6.45) is 0. The molecule has 0 saturated heterocycles. The van der Waals surface area contributed by atoms with Gasteiger partial charge in [-0.15, -0.1) is 0 Å². The van der Waals surface area contributed by atoms with E-state index in [1.54, 1.807) is 0 Å². The van der Waals surface area contributed by atoms with Gasteiger partial charge in [-0.25, -0.2) is 0 Å². The molecule has 7 heavy (non-hydrogen) atoms. The van der Waals surface area contributed by atoms with Gasteiger partial charge >= 0.3 is 61.4 Å². The van der Waals surface area contributed by atoms with Crippen LogP contribution in [0.4, 0.5) is 0 Å². The number of hydrogen-bond donors (Lipinski definition) is 0. The maximum absolute atomic E-state index is 5.56. The molecule has 0 radical (unpaired) electrons. The van der Waals surface area contributed by atoms with Crippen LogP contribution in [0.15, 0.2) is 0 Å². The van der Waals surface area contributed by atoms with Gasteiger partial charge in [-0.3, -0.25) is 0 Å². The Bertz CT molecular complexity index is 62.7. The van der Waals surface area contributed by atoms with Crippen molar-refractivity contribution in [3.05, 3.63) is 0 Å². The summed E-state index contributed by atoms with van der Waals surface area (Å²) in [6, 6.07) is 0. The van der Waals surface area contributed by atoms with Gasteiger partial charge in [0.2, 0.25) is 0 Å². The monoisotopic (exact) mass is 390 g/mol. The fraction of sp³-hybridized carbons (Fsp3) is 0. The van der Waals surface area contributed by atoms with Crippen LogP contribution in [-0.4, -0.2) is 0 Å². The zero-order valence-corrected chi connectivity index (χ0v) is 10.9. The van der Waals surface area contributed by atoms with Crippen molar-refractivity contribution >= 4 is 51.5 Å². The molecule has 0 aliphatic heterocycles. The zero-order valence-electron chi connectivity index (χ0n) is 2.77. The molecule has 0 aromatic heterocycles. The summed E-state index contributed by atoms with van der Waals surface area (Å²) in [7, 11) is 24.9. The van der Waals surface area contributed by atoms with Gasteiger partial charge in [0.05, 0.1) is 0 Å². The predicted molar refractivity (Wildman–Crippen MR) is 35.1 cm³/mol. The Morgan fingerprint density at radius 2 is 0.571 bits per heavy atom. The van der Waals surface area contributed by atoms with Crippen LogP contribution in [0.25, 0.3) is 0 Å². The van der Waals surface area contributed by atoms with E-state index in [0.717, 1.165) is 0 Å². The Morgan fingerprint density at radius 1 is 0.571 bits per heavy atom. The second-order valence-electron chi connectivity index (χ2n) is 1.07. The van der Waals surface area contributed by atoms with Crippen LogP contribution in [0, 0.1) is 0 Å². The van der Waals surface area contributed by atoms with Gasteiger partial charge in [-0.1, -0.05) is 0 Å². The molecular formula is Cl6Hf. The summed E-state index contributed by atoms with van der Waals surface area (Å²) in [5, 5.41) is 0. The van der Waals surface area contributed by atoms with E-state index in [0.29, 0.717) is 0 Å². The molecule has 0 spiro atoms. The van der Waals surface area contributed by atoms with Gasteiger partial charge in [0, 0.05) is 0 Å². The molecule has 0 aliphatic rings. The van der Waals surface area contributed by atoms with Gasteiger partial charge in [-0.2, -0.15) is 0 Å². The molecule has 0 saturated carbocycles. The number of hydrogen-bond acceptors (Lipinski definition) is 0. The van der Waals surface area contributed by atoms with E-state index in [4.69, 9.17) is 51.5 Å². The van der Waals surface area contributed by atoms with E-state index in [-0.39, 0.29) is 0 Å². The molecule has 0 fully saturated rings. The van der Waals surface area contributed by atoms with Gasteiger partial charge < -0.3 is 0 Å². The van der Waals surface area contributed by atoms with E-state index < -0.39 is 9.93 Å². The van der Waals surface area contributed by atoms with Crippen molar-refractivity contribution in [3.63, 3.8) is 0 Å². The second kappa shape index (κ2) is 1.61.